The molecule has 1 aliphatic rings. The molecule has 1 saturated carbocycles. The summed E-state index contributed by atoms with van der Waals surface area (Å²) in [6.07, 6.45) is 3.15. The number of nitrogens with one attached hydrogen (secondary N) is 1. The zero-order valence-corrected chi connectivity index (χ0v) is 11.4. The van der Waals surface area contributed by atoms with Gasteiger partial charge in [0.15, 0.2) is 0 Å². The number of hydrogen-bond donors (Lipinski definition) is 1. The van der Waals surface area contributed by atoms with Crippen molar-refractivity contribution in [1.82, 2.24) is 5.32 Å². The van der Waals surface area contributed by atoms with E-state index in [1.54, 1.807) is 0 Å². The van der Waals surface area contributed by atoms with Crippen LogP contribution in [-0.2, 0) is 0 Å². The summed E-state index contributed by atoms with van der Waals surface area (Å²) in [6, 6.07) is 2.99. The van der Waals surface area contributed by atoms with Crippen LogP contribution >= 0.6 is 11.6 Å². The Bertz CT molecular complexity index is 530. The molecule has 0 spiro atoms. The number of carbonyl (C=O) groups is 1. The Labute approximate surface area is 120 Å². The summed E-state index contributed by atoms with van der Waals surface area (Å²) in [7, 11) is 0. The van der Waals surface area contributed by atoms with E-state index in [1.807, 2.05) is 0 Å². The van der Waals surface area contributed by atoms with Crippen LogP contribution in [0.15, 0.2) is 18.2 Å². The number of rotatable bonds is 3. The predicted octanol–water partition coefficient (Wildman–Crippen LogP) is 3.01. The third-order valence-corrected chi connectivity index (χ3v) is 3.84. The molecule has 1 fully saturated rings. The molecule has 0 heterocycles. The lowest BCUT2D eigenvalue weighted by molar-refractivity contribution is -0.385. The van der Waals surface area contributed by atoms with E-state index in [0.29, 0.717) is 0 Å². The van der Waals surface area contributed by atoms with Crippen molar-refractivity contribution in [3.05, 3.63) is 39.7 Å². The molecule has 0 radical (unpaired) electrons. The minimum atomic E-state index is -0.886. The summed E-state index contributed by atoms with van der Waals surface area (Å²) < 4.78 is 13.7. The molecule has 0 saturated heterocycles. The molecule has 1 N–H and O–H groups in total. The molecule has 0 atom stereocenters. The van der Waals surface area contributed by atoms with E-state index in [9.17, 15) is 19.3 Å². The summed E-state index contributed by atoms with van der Waals surface area (Å²) >= 11 is 5.97. The van der Waals surface area contributed by atoms with Crippen molar-refractivity contribution in [2.24, 2.45) is 0 Å². The van der Waals surface area contributed by atoms with Crippen LogP contribution in [0.3, 0.4) is 0 Å². The van der Waals surface area contributed by atoms with E-state index in [1.165, 1.54) is 0 Å². The first-order valence-corrected chi connectivity index (χ1v) is 6.80. The van der Waals surface area contributed by atoms with Gasteiger partial charge in [-0.2, -0.15) is 0 Å². The van der Waals surface area contributed by atoms with E-state index < -0.39 is 16.6 Å². The molecular weight excluding hydrogens is 287 g/mol. The summed E-state index contributed by atoms with van der Waals surface area (Å²) in [5.41, 5.74) is -0.551. The number of nitrogens with zero attached hydrogens (tertiary/aromatic N) is 1. The molecule has 1 amide bonds. The molecule has 1 aliphatic carbocycles. The van der Waals surface area contributed by atoms with Crippen LogP contribution in [0.1, 0.15) is 36.0 Å². The van der Waals surface area contributed by atoms with Crippen molar-refractivity contribution in [2.75, 3.05) is 0 Å². The van der Waals surface area contributed by atoms with Gasteiger partial charge in [0, 0.05) is 17.5 Å². The second-order valence-electron chi connectivity index (χ2n) is 4.84. The second-order valence-corrected chi connectivity index (χ2v) is 5.46. The molecule has 0 unspecified atom stereocenters. The number of carbonyl (C=O) groups excluding carboxylic acids is 1. The minimum absolute atomic E-state index is 0.0212. The number of non-ortho nitro benzene ring substituents is 1. The van der Waals surface area contributed by atoms with Gasteiger partial charge in [-0.15, -0.1) is 11.6 Å². The molecule has 108 valence electrons. The molecule has 20 heavy (non-hydrogen) atoms. The molecule has 0 bridgehead atoms. The van der Waals surface area contributed by atoms with E-state index in [0.717, 1.165) is 43.9 Å². The lowest BCUT2D eigenvalue weighted by atomic mass is 9.95. The molecule has 0 aliphatic heterocycles. The largest absolute Gasteiger partial charge is 0.349 e. The number of halogens is 2. The fraction of sp³-hybridized carbons (Fsp3) is 0.462. The normalized spacial score (nSPS) is 22.3. The molecule has 5 nitrogen and oxygen atoms in total. The number of alkyl halides is 1. The van der Waals surface area contributed by atoms with Crippen molar-refractivity contribution in [3.63, 3.8) is 0 Å². The number of nitro benzene ring substituents is 1. The molecule has 0 aromatic heterocycles. The highest BCUT2D eigenvalue weighted by Crippen LogP contribution is 2.23. The zero-order valence-electron chi connectivity index (χ0n) is 10.6. The maximum absolute atomic E-state index is 13.7. The van der Waals surface area contributed by atoms with Crippen molar-refractivity contribution in [3.8, 4) is 0 Å². The van der Waals surface area contributed by atoms with Gasteiger partial charge < -0.3 is 5.32 Å². The maximum atomic E-state index is 13.7. The summed E-state index contributed by atoms with van der Waals surface area (Å²) in [5, 5.41) is 13.4. The molecular formula is C13H14ClFN2O3. The second kappa shape index (κ2) is 6.17. The summed E-state index contributed by atoms with van der Waals surface area (Å²) in [6.45, 7) is 0. The lowest BCUT2D eigenvalue weighted by Gasteiger charge is -2.25. The van der Waals surface area contributed by atoms with Crippen LogP contribution in [-0.4, -0.2) is 22.2 Å². The predicted molar refractivity (Wildman–Crippen MR) is 72.4 cm³/mol. The van der Waals surface area contributed by atoms with Gasteiger partial charge in [-0.05, 0) is 31.7 Å². The molecule has 1 aromatic carbocycles. The molecule has 7 heteroatoms. The average molecular weight is 301 g/mol. The Balaban J connectivity index is 2.04. The van der Waals surface area contributed by atoms with Crippen molar-refractivity contribution in [2.45, 2.75) is 37.1 Å². The number of amides is 1. The highest BCUT2D eigenvalue weighted by molar-refractivity contribution is 6.20. The number of nitro groups is 1. The third kappa shape index (κ3) is 3.45. The van der Waals surface area contributed by atoms with Crippen LogP contribution < -0.4 is 5.32 Å². The van der Waals surface area contributed by atoms with E-state index in [4.69, 9.17) is 11.6 Å². The van der Waals surface area contributed by atoms with Crippen LogP contribution in [0.2, 0.25) is 0 Å². The lowest BCUT2D eigenvalue weighted by Crippen LogP contribution is -2.38. The maximum Gasteiger partial charge on any atom is 0.272 e. The fourth-order valence-corrected chi connectivity index (χ4v) is 2.51. The molecule has 1 aromatic rings. The van der Waals surface area contributed by atoms with Gasteiger partial charge in [0.05, 0.1) is 16.6 Å². The van der Waals surface area contributed by atoms with Crippen molar-refractivity contribution >= 4 is 23.2 Å². The SMILES string of the molecule is O=C(NC1CCC(Cl)CC1)c1ccc([N+](=O)[O-])cc1F. The molecule has 2 rings (SSSR count). The van der Waals surface area contributed by atoms with Crippen LogP contribution in [0, 0.1) is 15.9 Å². The van der Waals surface area contributed by atoms with Crippen molar-refractivity contribution < 1.29 is 14.1 Å². The number of benzene rings is 1. The average Bonchev–Trinajstić information content (AvgIpc) is 2.41. The van der Waals surface area contributed by atoms with Crippen LogP contribution in [0.5, 0.6) is 0 Å². The standard InChI is InChI=1S/C13H14ClFN2O3/c14-8-1-3-9(4-2-8)16-13(18)11-6-5-10(17(19)20)7-12(11)15/h5-9H,1-4H2,(H,16,18). The van der Waals surface area contributed by atoms with Gasteiger partial charge in [0.2, 0.25) is 0 Å². The van der Waals surface area contributed by atoms with Crippen LogP contribution in [0.4, 0.5) is 10.1 Å². The van der Waals surface area contributed by atoms with E-state index >= 15 is 0 Å². The summed E-state index contributed by atoms with van der Waals surface area (Å²) in [5.74, 6) is -1.43. The Hall–Kier alpha value is -1.69. The Morgan fingerprint density at radius 3 is 2.55 bits per heavy atom. The Kier molecular flexibility index (Phi) is 4.54. The van der Waals surface area contributed by atoms with Crippen LogP contribution in [0.25, 0.3) is 0 Å². The summed E-state index contributed by atoms with van der Waals surface area (Å²) in [4.78, 5) is 21.7. The number of hydrogen-bond acceptors (Lipinski definition) is 3. The third-order valence-electron chi connectivity index (χ3n) is 3.40. The highest BCUT2D eigenvalue weighted by Gasteiger charge is 2.23. The monoisotopic (exact) mass is 300 g/mol. The van der Waals surface area contributed by atoms with Gasteiger partial charge in [-0.1, -0.05) is 0 Å². The van der Waals surface area contributed by atoms with E-state index in [2.05, 4.69) is 5.32 Å². The van der Waals surface area contributed by atoms with Gasteiger partial charge in [0.1, 0.15) is 5.82 Å². The Morgan fingerprint density at radius 2 is 2.00 bits per heavy atom. The van der Waals surface area contributed by atoms with Crippen molar-refractivity contribution in [1.29, 1.82) is 0 Å². The smallest absolute Gasteiger partial charge is 0.272 e. The first-order valence-electron chi connectivity index (χ1n) is 6.36. The van der Waals surface area contributed by atoms with Gasteiger partial charge in [-0.25, -0.2) is 4.39 Å². The topological polar surface area (TPSA) is 72.2 Å². The minimum Gasteiger partial charge on any atom is -0.349 e. The van der Waals surface area contributed by atoms with E-state index in [-0.39, 0.29) is 22.7 Å². The quantitative estimate of drug-likeness (QED) is 0.530. The van der Waals surface area contributed by atoms with Gasteiger partial charge >= 0.3 is 0 Å². The van der Waals surface area contributed by atoms with Gasteiger partial charge in [0.25, 0.3) is 11.6 Å². The first-order chi connectivity index (χ1) is 9.47. The van der Waals surface area contributed by atoms with Gasteiger partial charge in [-0.3, -0.25) is 14.9 Å². The highest BCUT2D eigenvalue weighted by atomic mass is 35.5. The first kappa shape index (κ1) is 14.7. The zero-order chi connectivity index (χ0) is 14.7. The Morgan fingerprint density at radius 1 is 1.35 bits per heavy atom. The fourth-order valence-electron chi connectivity index (χ4n) is 2.26.